The topological polar surface area (TPSA) is 57.3 Å². The molecule has 0 radical (unpaired) electrons. The first kappa shape index (κ1) is 17.2. The second-order valence-corrected chi connectivity index (χ2v) is 5.85. The van der Waals surface area contributed by atoms with E-state index in [-0.39, 0.29) is 5.91 Å². The number of amides is 1. The monoisotopic (exact) mass is 332 g/mol. The number of benzene rings is 1. The van der Waals surface area contributed by atoms with Crippen LogP contribution in [0.5, 0.6) is 0 Å². The maximum Gasteiger partial charge on any atom is 0.255 e. The molecule has 1 aromatic heterocycles. The lowest BCUT2D eigenvalue weighted by molar-refractivity contribution is 0.102. The molecule has 0 saturated carbocycles. The number of rotatable bonds is 7. The van der Waals surface area contributed by atoms with Gasteiger partial charge in [0.05, 0.1) is 10.7 Å². The lowest BCUT2D eigenvalue weighted by Crippen LogP contribution is -2.17. The van der Waals surface area contributed by atoms with Gasteiger partial charge in [0.1, 0.15) is 5.82 Å². The summed E-state index contributed by atoms with van der Waals surface area (Å²) >= 11 is 6.05. The van der Waals surface area contributed by atoms with Gasteiger partial charge in [-0.1, -0.05) is 23.7 Å². The zero-order valence-electron chi connectivity index (χ0n) is 13.3. The Kier molecular flexibility index (Phi) is 6.38. The Bertz CT molecular complexity index is 661. The van der Waals surface area contributed by atoms with Gasteiger partial charge in [-0.2, -0.15) is 0 Å². The molecule has 5 nitrogen and oxygen atoms in total. The summed E-state index contributed by atoms with van der Waals surface area (Å²) in [6.45, 7) is 1.81. The predicted molar refractivity (Wildman–Crippen MR) is 95.3 cm³/mol. The summed E-state index contributed by atoms with van der Waals surface area (Å²) in [5, 5.41) is 6.54. The van der Waals surface area contributed by atoms with E-state index in [2.05, 4.69) is 20.5 Å². The Hall–Kier alpha value is -2.11. The number of hydrogen-bond acceptors (Lipinski definition) is 4. The Labute approximate surface area is 141 Å². The molecular weight excluding hydrogens is 312 g/mol. The Morgan fingerprint density at radius 1 is 1.26 bits per heavy atom. The molecule has 1 aromatic carbocycles. The molecule has 0 saturated heterocycles. The fourth-order valence-corrected chi connectivity index (χ4v) is 2.22. The van der Waals surface area contributed by atoms with Crippen LogP contribution in [0.4, 0.5) is 11.5 Å². The minimum atomic E-state index is -0.211. The molecule has 1 heterocycles. The summed E-state index contributed by atoms with van der Waals surface area (Å²) in [4.78, 5) is 18.7. The molecule has 23 heavy (non-hydrogen) atoms. The zero-order valence-corrected chi connectivity index (χ0v) is 14.1. The molecule has 0 aliphatic heterocycles. The van der Waals surface area contributed by atoms with Crippen LogP contribution in [0.15, 0.2) is 42.6 Å². The van der Waals surface area contributed by atoms with Crippen LogP contribution in [0.1, 0.15) is 16.8 Å². The van der Waals surface area contributed by atoms with E-state index in [0.29, 0.717) is 22.1 Å². The highest BCUT2D eigenvalue weighted by Crippen LogP contribution is 2.21. The minimum absolute atomic E-state index is 0.211. The van der Waals surface area contributed by atoms with E-state index >= 15 is 0 Å². The molecule has 0 atom stereocenters. The molecule has 0 aliphatic carbocycles. The molecule has 1 amide bonds. The van der Waals surface area contributed by atoms with E-state index in [1.54, 1.807) is 30.5 Å². The van der Waals surface area contributed by atoms with Crippen LogP contribution in [-0.2, 0) is 0 Å². The van der Waals surface area contributed by atoms with Crippen molar-refractivity contribution in [2.24, 2.45) is 0 Å². The molecule has 0 unspecified atom stereocenters. The van der Waals surface area contributed by atoms with Crippen molar-refractivity contribution < 1.29 is 4.79 Å². The number of carbonyl (C=O) groups is 1. The number of aromatic nitrogens is 1. The van der Waals surface area contributed by atoms with Crippen molar-refractivity contribution in [1.29, 1.82) is 0 Å². The van der Waals surface area contributed by atoms with Crippen LogP contribution in [0, 0.1) is 0 Å². The number of halogens is 1. The largest absolute Gasteiger partial charge is 0.370 e. The summed E-state index contributed by atoms with van der Waals surface area (Å²) in [5.74, 6) is 0.479. The van der Waals surface area contributed by atoms with Crippen molar-refractivity contribution in [1.82, 2.24) is 9.88 Å². The first-order chi connectivity index (χ1) is 11.1. The lowest BCUT2D eigenvalue weighted by Gasteiger charge is -2.11. The average Bonchev–Trinajstić information content (AvgIpc) is 2.54. The van der Waals surface area contributed by atoms with Crippen LogP contribution in [0.3, 0.4) is 0 Å². The molecule has 0 bridgehead atoms. The minimum Gasteiger partial charge on any atom is -0.370 e. The van der Waals surface area contributed by atoms with Crippen LogP contribution < -0.4 is 10.6 Å². The van der Waals surface area contributed by atoms with Gasteiger partial charge in [-0.05, 0) is 51.3 Å². The van der Waals surface area contributed by atoms with Crippen molar-refractivity contribution in [2.75, 3.05) is 37.8 Å². The van der Waals surface area contributed by atoms with Crippen LogP contribution in [0.2, 0.25) is 5.02 Å². The number of nitrogens with one attached hydrogen (secondary N) is 2. The number of para-hydroxylation sites is 1. The Morgan fingerprint density at radius 2 is 2.04 bits per heavy atom. The van der Waals surface area contributed by atoms with Gasteiger partial charge in [0, 0.05) is 18.3 Å². The molecule has 2 rings (SSSR count). The first-order valence-electron chi connectivity index (χ1n) is 7.47. The SMILES string of the molecule is CN(C)CCCNc1cc(C(=O)Nc2ccccc2Cl)ccn1. The van der Waals surface area contributed by atoms with Crippen molar-refractivity contribution >= 4 is 29.0 Å². The van der Waals surface area contributed by atoms with Crippen LogP contribution in [0.25, 0.3) is 0 Å². The lowest BCUT2D eigenvalue weighted by atomic mass is 10.2. The van der Waals surface area contributed by atoms with E-state index < -0.39 is 0 Å². The molecular formula is C17H21ClN4O. The fourth-order valence-electron chi connectivity index (χ4n) is 2.04. The molecule has 2 N–H and O–H groups in total. The summed E-state index contributed by atoms with van der Waals surface area (Å²) in [7, 11) is 4.08. The number of anilines is 2. The van der Waals surface area contributed by atoms with Gasteiger partial charge < -0.3 is 15.5 Å². The van der Waals surface area contributed by atoms with Crippen molar-refractivity contribution in [2.45, 2.75) is 6.42 Å². The third-order valence-electron chi connectivity index (χ3n) is 3.23. The smallest absolute Gasteiger partial charge is 0.255 e. The van der Waals surface area contributed by atoms with Gasteiger partial charge in [0.2, 0.25) is 0 Å². The quantitative estimate of drug-likeness (QED) is 0.763. The maximum absolute atomic E-state index is 12.3. The second-order valence-electron chi connectivity index (χ2n) is 5.45. The molecule has 0 spiro atoms. The van der Waals surface area contributed by atoms with Crippen LogP contribution in [-0.4, -0.2) is 43.0 Å². The summed E-state index contributed by atoms with van der Waals surface area (Å²) in [6.07, 6.45) is 2.63. The normalized spacial score (nSPS) is 10.6. The van der Waals surface area contributed by atoms with Gasteiger partial charge >= 0.3 is 0 Å². The molecule has 0 aliphatic rings. The van der Waals surface area contributed by atoms with E-state index in [0.717, 1.165) is 19.5 Å². The fraction of sp³-hybridized carbons (Fsp3) is 0.294. The highest BCUT2D eigenvalue weighted by molar-refractivity contribution is 6.33. The number of nitrogens with zero attached hydrogens (tertiary/aromatic N) is 2. The highest BCUT2D eigenvalue weighted by Gasteiger charge is 2.09. The molecule has 6 heteroatoms. The summed E-state index contributed by atoms with van der Waals surface area (Å²) in [6, 6.07) is 10.6. The third-order valence-corrected chi connectivity index (χ3v) is 3.56. The van der Waals surface area contributed by atoms with Gasteiger partial charge in [0.15, 0.2) is 0 Å². The summed E-state index contributed by atoms with van der Waals surface area (Å²) < 4.78 is 0. The van der Waals surface area contributed by atoms with Crippen molar-refractivity contribution in [3.05, 3.63) is 53.2 Å². The van der Waals surface area contributed by atoms with Crippen molar-refractivity contribution in [3.63, 3.8) is 0 Å². The summed E-state index contributed by atoms with van der Waals surface area (Å²) in [5.41, 5.74) is 1.13. The second kappa shape index (κ2) is 8.50. The van der Waals surface area contributed by atoms with E-state index in [4.69, 9.17) is 11.6 Å². The Morgan fingerprint density at radius 3 is 2.78 bits per heavy atom. The number of hydrogen-bond donors (Lipinski definition) is 2. The van der Waals surface area contributed by atoms with E-state index in [1.807, 2.05) is 26.2 Å². The van der Waals surface area contributed by atoms with Crippen LogP contribution >= 0.6 is 11.6 Å². The molecule has 122 valence electrons. The maximum atomic E-state index is 12.3. The predicted octanol–water partition coefficient (Wildman–Crippen LogP) is 3.35. The number of carbonyl (C=O) groups excluding carboxylic acids is 1. The van der Waals surface area contributed by atoms with E-state index in [1.165, 1.54) is 0 Å². The standard InChI is InChI=1S/C17H21ClN4O/c1-22(2)11-5-9-19-16-12-13(8-10-20-16)17(23)21-15-7-4-3-6-14(15)18/h3-4,6-8,10,12H,5,9,11H2,1-2H3,(H,19,20)(H,21,23). The zero-order chi connectivity index (χ0) is 16.7. The van der Waals surface area contributed by atoms with Gasteiger partial charge in [-0.15, -0.1) is 0 Å². The van der Waals surface area contributed by atoms with Gasteiger partial charge in [-0.25, -0.2) is 4.98 Å². The van der Waals surface area contributed by atoms with E-state index in [9.17, 15) is 4.79 Å². The first-order valence-corrected chi connectivity index (χ1v) is 7.84. The third kappa shape index (κ3) is 5.54. The van der Waals surface area contributed by atoms with Crippen molar-refractivity contribution in [3.8, 4) is 0 Å². The van der Waals surface area contributed by atoms with Gasteiger partial charge in [-0.3, -0.25) is 4.79 Å². The average molecular weight is 333 g/mol. The molecule has 2 aromatic rings. The van der Waals surface area contributed by atoms with Gasteiger partial charge in [0.25, 0.3) is 5.91 Å². The number of pyridine rings is 1. The Balaban J connectivity index is 1.96. The molecule has 0 fully saturated rings. The highest BCUT2D eigenvalue weighted by atomic mass is 35.5.